The molecule has 0 radical (unpaired) electrons. The van der Waals surface area contributed by atoms with Gasteiger partial charge in [0, 0.05) is 38.2 Å². The Morgan fingerprint density at radius 2 is 2.03 bits per heavy atom. The van der Waals surface area contributed by atoms with Crippen molar-refractivity contribution in [1.82, 2.24) is 19.5 Å². The number of hydrogen-bond acceptors (Lipinski definition) is 8. The molecule has 9 nitrogen and oxygen atoms in total. The van der Waals surface area contributed by atoms with Gasteiger partial charge < -0.3 is 29.0 Å². The van der Waals surface area contributed by atoms with Crippen LogP contribution in [0.2, 0.25) is 0 Å². The summed E-state index contributed by atoms with van der Waals surface area (Å²) in [6.45, 7) is 4.24. The van der Waals surface area contributed by atoms with E-state index in [1.54, 1.807) is 19.6 Å². The Kier molecular flexibility index (Phi) is 5.57. The zero-order chi connectivity index (χ0) is 22.1. The van der Waals surface area contributed by atoms with Crippen LogP contribution in [-0.2, 0) is 4.74 Å². The van der Waals surface area contributed by atoms with Gasteiger partial charge in [0.25, 0.3) is 0 Å². The average molecular weight is 437 g/mol. The van der Waals surface area contributed by atoms with Crippen molar-refractivity contribution in [3.05, 3.63) is 42.6 Å². The second-order valence-electron chi connectivity index (χ2n) is 8.25. The summed E-state index contributed by atoms with van der Waals surface area (Å²) in [5, 5.41) is 3.30. The lowest BCUT2D eigenvalue weighted by Gasteiger charge is -2.40. The molecule has 32 heavy (non-hydrogen) atoms. The molecule has 1 saturated heterocycles. The highest BCUT2D eigenvalue weighted by Gasteiger charge is 2.33. The van der Waals surface area contributed by atoms with Gasteiger partial charge in [0.2, 0.25) is 5.95 Å². The molecule has 0 amide bonds. The number of nitrogens with zero attached hydrogens (tertiary/aromatic N) is 5. The molecule has 2 aromatic heterocycles. The van der Waals surface area contributed by atoms with Crippen molar-refractivity contribution >= 4 is 17.5 Å². The van der Waals surface area contributed by atoms with E-state index >= 15 is 0 Å². The maximum Gasteiger partial charge on any atom is 0.229 e. The molecule has 2 aliphatic rings. The van der Waals surface area contributed by atoms with E-state index in [0.29, 0.717) is 24.2 Å². The highest BCUT2D eigenvalue weighted by Crippen LogP contribution is 2.36. The molecule has 1 atom stereocenters. The van der Waals surface area contributed by atoms with Crippen LogP contribution in [0.4, 0.5) is 17.5 Å². The highest BCUT2D eigenvalue weighted by atomic mass is 16.5. The Bertz CT molecular complexity index is 1100. The molecule has 0 saturated carbocycles. The maximum atomic E-state index is 6.00. The number of methoxy groups -OCH3 is 1. The lowest BCUT2D eigenvalue weighted by molar-refractivity contribution is 0.0493. The van der Waals surface area contributed by atoms with E-state index in [9.17, 15) is 0 Å². The first-order valence-corrected chi connectivity index (χ1v) is 10.9. The molecule has 2 aliphatic heterocycles. The number of aryl methyl sites for hydroxylation is 1. The number of rotatable bonds is 5. The van der Waals surface area contributed by atoms with Crippen molar-refractivity contribution in [2.45, 2.75) is 25.8 Å². The normalized spacial score (nSPS) is 18.7. The average Bonchev–Trinajstić information content (AvgIpc) is 3.26. The Hall–Kier alpha value is -3.33. The van der Waals surface area contributed by atoms with Crippen LogP contribution in [0.15, 0.2) is 36.9 Å². The van der Waals surface area contributed by atoms with Gasteiger partial charge in [-0.1, -0.05) is 0 Å². The molecule has 1 fully saturated rings. The molecule has 0 bridgehead atoms. The maximum absolute atomic E-state index is 6.00. The minimum Gasteiger partial charge on any atom is -0.494 e. The van der Waals surface area contributed by atoms with Crippen molar-refractivity contribution in [2.24, 2.45) is 5.92 Å². The topological polar surface area (TPSA) is 86.6 Å². The number of fused-ring (bicyclic) bond motifs is 1. The van der Waals surface area contributed by atoms with Gasteiger partial charge in [-0.05, 0) is 37.8 Å². The van der Waals surface area contributed by atoms with Gasteiger partial charge in [-0.3, -0.25) is 0 Å². The molecule has 4 heterocycles. The summed E-state index contributed by atoms with van der Waals surface area (Å²) in [7, 11) is 3.74. The third kappa shape index (κ3) is 3.95. The van der Waals surface area contributed by atoms with Gasteiger partial charge in [-0.25, -0.2) is 9.97 Å². The highest BCUT2D eigenvalue weighted by molar-refractivity contribution is 5.64. The summed E-state index contributed by atoms with van der Waals surface area (Å²) in [5.74, 6) is 3.30. The third-order valence-electron chi connectivity index (χ3n) is 6.21. The van der Waals surface area contributed by atoms with E-state index in [1.165, 1.54) is 0 Å². The second kappa shape index (κ2) is 8.66. The summed E-state index contributed by atoms with van der Waals surface area (Å²) in [5.41, 5.74) is 2.70. The van der Waals surface area contributed by atoms with Gasteiger partial charge in [0.05, 0.1) is 37.1 Å². The van der Waals surface area contributed by atoms with Crippen LogP contribution < -0.4 is 19.7 Å². The Morgan fingerprint density at radius 1 is 1.19 bits per heavy atom. The number of nitrogens with one attached hydrogen (secondary N) is 1. The molecular weight excluding hydrogens is 408 g/mol. The molecule has 0 spiro atoms. The van der Waals surface area contributed by atoms with Crippen molar-refractivity contribution in [1.29, 1.82) is 0 Å². The fourth-order valence-electron chi connectivity index (χ4n) is 4.42. The quantitative estimate of drug-likeness (QED) is 0.652. The van der Waals surface area contributed by atoms with Crippen molar-refractivity contribution in [3.8, 4) is 17.2 Å². The second-order valence-corrected chi connectivity index (χ2v) is 8.25. The zero-order valence-corrected chi connectivity index (χ0v) is 18.6. The van der Waals surface area contributed by atoms with Gasteiger partial charge in [0.15, 0.2) is 11.6 Å². The van der Waals surface area contributed by atoms with Crippen molar-refractivity contribution in [3.63, 3.8) is 0 Å². The molecular formula is C23H28N6O3. The van der Waals surface area contributed by atoms with E-state index in [1.807, 2.05) is 35.9 Å². The van der Waals surface area contributed by atoms with E-state index in [0.717, 1.165) is 54.7 Å². The standard InChI is InChI=1S/C23H28N6O3/c1-15-12-29(14-25-15)18-5-4-17(10-20(18)30-3)26-23-24-11-21-22(27-23)28(2)19(13-32-21)16-6-8-31-9-7-16/h4-5,10-12,14,16,19H,6-9,13H2,1-3H3,(H,24,26,27). The first kappa shape index (κ1) is 20.6. The largest absolute Gasteiger partial charge is 0.494 e. The van der Waals surface area contributed by atoms with E-state index < -0.39 is 0 Å². The third-order valence-corrected chi connectivity index (χ3v) is 6.21. The molecule has 3 aromatic rings. The minimum atomic E-state index is 0.284. The number of ether oxygens (including phenoxy) is 3. The lowest BCUT2D eigenvalue weighted by atomic mass is 9.90. The molecule has 9 heteroatoms. The first-order chi connectivity index (χ1) is 15.6. The van der Waals surface area contributed by atoms with Crippen molar-refractivity contribution < 1.29 is 14.2 Å². The predicted octanol–water partition coefficient (Wildman–Crippen LogP) is 3.35. The Morgan fingerprint density at radius 3 is 2.78 bits per heavy atom. The van der Waals surface area contributed by atoms with Crippen LogP contribution in [0.5, 0.6) is 11.5 Å². The summed E-state index contributed by atoms with van der Waals surface area (Å²) in [4.78, 5) is 15.7. The van der Waals surface area contributed by atoms with Crippen LogP contribution in [0.25, 0.3) is 5.69 Å². The smallest absolute Gasteiger partial charge is 0.229 e. The Labute approximate surface area is 187 Å². The Balaban J connectivity index is 1.37. The van der Waals surface area contributed by atoms with Crippen LogP contribution in [0.1, 0.15) is 18.5 Å². The van der Waals surface area contributed by atoms with E-state index in [-0.39, 0.29) is 6.04 Å². The molecule has 1 N–H and O–H groups in total. The summed E-state index contributed by atoms with van der Waals surface area (Å²) >= 11 is 0. The van der Waals surface area contributed by atoms with Crippen LogP contribution in [0.3, 0.4) is 0 Å². The number of aromatic nitrogens is 4. The molecule has 1 unspecified atom stereocenters. The molecule has 168 valence electrons. The SMILES string of the molecule is COc1cc(Nc2ncc3c(n2)N(C)C(C2CCOCC2)CO3)ccc1-n1cnc(C)c1. The van der Waals surface area contributed by atoms with E-state index in [4.69, 9.17) is 19.2 Å². The lowest BCUT2D eigenvalue weighted by Crippen LogP contribution is -2.47. The van der Waals surface area contributed by atoms with Crippen LogP contribution >= 0.6 is 0 Å². The van der Waals surface area contributed by atoms with Crippen LogP contribution in [-0.4, -0.2) is 59.5 Å². The first-order valence-electron chi connectivity index (χ1n) is 10.9. The van der Waals surface area contributed by atoms with Gasteiger partial charge in [-0.15, -0.1) is 0 Å². The number of imidazole rings is 1. The molecule has 1 aromatic carbocycles. The number of hydrogen-bond donors (Lipinski definition) is 1. The summed E-state index contributed by atoms with van der Waals surface area (Å²) in [6, 6.07) is 6.17. The fourth-order valence-corrected chi connectivity index (χ4v) is 4.42. The molecule has 0 aliphatic carbocycles. The molecule has 5 rings (SSSR count). The predicted molar refractivity (Wildman–Crippen MR) is 121 cm³/mol. The summed E-state index contributed by atoms with van der Waals surface area (Å²) in [6.07, 6.45) is 7.57. The van der Waals surface area contributed by atoms with Gasteiger partial charge in [0.1, 0.15) is 12.4 Å². The number of anilines is 3. The summed E-state index contributed by atoms with van der Waals surface area (Å²) < 4.78 is 19.1. The minimum absolute atomic E-state index is 0.284. The van der Waals surface area contributed by atoms with E-state index in [2.05, 4.69) is 27.2 Å². The number of benzene rings is 1. The van der Waals surface area contributed by atoms with Gasteiger partial charge >= 0.3 is 0 Å². The monoisotopic (exact) mass is 436 g/mol. The number of likely N-dealkylation sites (N-methyl/N-ethyl adjacent to an activating group) is 1. The zero-order valence-electron chi connectivity index (χ0n) is 18.6. The van der Waals surface area contributed by atoms with Crippen molar-refractivity contribution in [2.75, 3.05) is 44.2 Å². The van der Waals surface area contributed by atoms with Crippen LogP contribution in [0, 0.1) is 12.8 Å². The van der Waals surface area contributed by atoms with Gasteiger partial charge in [-0.2, -0.15) is 4.98 Å². The fraction of sp³-hybridized carbons (Fsp3) is 0.435.